The van der Waals surface area contributed by atoms with E-state index in [1.54, 1.807) is 7.11 Å². The molecule has 0 aliphatic carbocycles. The lowest BCUT2D eigenvalue weighted by Crippen LogP contribution is -2.51. The quantitative estimate of drug-likeness (QED) is 0.705. The third-order valence-electron chi connectivity index (χ3n) is 3.10. The van der Waals surface area contributed by atoms with Crippen molar-refractivity contribution in [3.63, 3.8) is 0 Å². The molecule has 1 aliphatic heterocycles. The van der Waals surface area contributed by atoms with Crippen LogP contribution in [0.1, 0.15) is 26.7 Å². The van der Waals surface area contributed by atoms with Crippen LogP contribution in [0.3, 0.4) is 0 Å². The van der Waals surface area contributed by atoms with Gasteiger partial charge < -0.3 is 20.1 Å². The van der Waals surface area contributed by atoms with Crippen LogP contribution in [0.5, 0.6) is 0 Å². The van der Waals surface area contributed by atoms with Crippen LogP contribution in [-0.4, -0.2) is 51.0 Å². The van der Waals surface area contributed by atoms with E-state index in [2.05, 4.69) is 17.6 Å². The Morgan fingerprint density at radius 1 is 1.47 bits per heavy atom. The summed E-state index contributed by atoms with van der Waals surface area (Å²) < 4.78 is 10.3. The first kappa shape index (κ1) is 14.4. The van der Waals surface area contributed by atoms with Gasteiger partial charge in [-0.05, 0) is 26.7 Å². The van der Waals surface area contributed by atoms with Crippen molar-refractivity contribution in [2.45, 2.75) is 38.3 Å². The average Bonchev–Trinajstić information content (AvgIpc) is 2.28. The van der Waals surface area contributed by atoms with E-state index in [1.807, 2.05) is 6.92 Å². The molecule has 0 bridgehead atoms. The SMILES string of the molecule is COCC(C)NC(=O)CNC1(C)CCOCC1. The second-order valence-corrected chi connectivity index (χ2v) is 4.95. The minimum Gasteiger partial charge on any atom is -0.383 e. The normalized spacial score (nSPS) is 20.9. The van der Waals surface area contributed by atoms with Crippen LogP contribution in [0.25, 0.3) is 0 Å². The number of rotatable bonds is 6. The van der Waals surface area contributed by atoms with E-state index < -0.39 is 0 Å². The minimum atomic E-state index is 0.0160. The van der Waals surface area contributed by atoms with E-state index in [0.29, 0.717) is 13.2 Å². The first-order chi connectivity index (χ1) is 8.06. The number of hydrogen-bond acceptors (Lipinski definition) is 4. The Labute approximate surface area is 103 Å². The van der Waals surface area contributed by atoms with Crippen LogP contribution < -0.4 is 10.6 Å². The highest BCUT2D eigenvalue weighted by atomic mass is 16.5. The number of nitrogens with one attached hydrogen (secondary N) is 2. The second-order valence-electron chi connectivity index (χ2n) is 4.95. The molecule has 1 saturated heterocycles. The Kier molecular flexibility index (Phi) is 5.88. The van der Waals surface area contributed by atoms with Crippen molar-refractivity contribution >= 4 is 5.91 Å². The Bertz CT molecular complexity index is 240. The average molecular weight is 244 g/mol. The Hall–Kier alpha value is -0.650. The number of amides is 1. The lowest BCUT2D eigenvalue weighted by Gasteiger charge is -2.34. The van der Waals surface area contributed by atoms with Crippen LogP contribution in [0, 0.1) is 0 Å². The molecule has 5 heteroatoms. The van der Waals surface area contributed by atoms with Gasteiger partial charge in [-0.1, -0.05) is 0 Å². The first-order valence-corrected chi connectivity index (χ1v) is 6.17. The van der Waals surface area contributed by atoms with Gasteiger partial charge in [0.1, 0.15) is 0 Å². The maximum Gasteiger partial charge on any atom is 0.234 e. The second kappa shape index (κ2) is 6.93. The fraction of sp³-hybridized carbons (Fsp3) is 0.917. The molecule has 1 fully saturated rings. The fourth-order valence-corrected chi connectivity index (χ4v) is 1.91. The minimum absolute atomic E-state index is 0.0160. The molecule has 1 unspecified atom stereocenters. The highest BCUT2D eigenvalue weighted by molar-refractivity contribution is 5.78. The van der Waals surface area contributed by atoms with Crippen molar-refractivity contribution in [3.8, 4) is 0 Å². The van der Waals surface area contributed by atoms with E-state index in [-0.39, 0.29) is 17.5 Å². The number of carbonyl (C=O) groups excluding carboxylic acids is 1. The number of methoxy groups -OCH3 is 1. The third kappa shape index (κ3) is 5.48. The zero-order valence-electron chi connectivity index (χ0n) is 11.0. The summed E-state index contributed by atoms with van der Waals surface area (Å²) in [5.41, 5.74) is 0.0279. The third-order valence-corrected chi connectivity index (χ3v) is 3.10. The van der Waals surface area contributed by atoms with Crippen LogP contribution in [0.15, 0.2) is 0 Å². The molecule has 2 N–H and O–H groups in total. The summed E-state index contributed by atoms with van der Waals surface area (Å²) in [6, 6.07) is 0.0526. The van der Waals surface area contributed by atoms with Gasteiger partial charge in [0.15, 0.2) is 0 Å². The summed E-state index contributed by atoms with van der Waals surface area (Å²) >= 11 is 0. The van der Waals surface area contributed by atoms with Gasteiger partial charge in [0.25, 0.3) is 0 Å². The van der Waals surface area contributed by atoms with Crippen LogP contribution >= 0.6 is 0 Å². The largest absolute Gasteiger partial charge is 0.383 e. The molecule has 0 aromatic heterocycles. The van der Waals surface area contributed by atoms with Gasteiger partial charge >= 0.3 is 0 Å². The summed E-state index contributed by atoms with van der Waals surface area (Å²) in [6.07, 6.45) is 1.90. The predicted molar refractivity (Wildman–Crippen MR) is 65.9 cm³/mol. The smallest absolute Gasteiger partial charge is 0.234 e. The Morgan fingerprint density at radius 3 is 2.71 bits per heavy atom. The van der Waals surface area contributed by atoms with E-state index in [1.165, 1.54) is 0 Å². The van der Waals surface area contributed by atoms with Gasteiger partial charge in [0.2, 0.25) is 5.91 Å². The van der Waals surface area contributed by atoms with E-state index in [4.69, 9.17) is 9.47 Å². The number of hydrogen-bond donors (Lipinski definition) is 2. The lowest BCUT2D eigenvalue weighted by atomic mass is 9.92. The molecule has 0 saturated carbocycles. The van der Waals surface area contributed by atoms with Crippen LogP contribution in [0.4, 0.5) is 0 Å². The molecule has 0 radical (unpaired) electrons. The zero-order chi connectivity index (χ0) is 12.7. The topological polar surface area (TPSA) is 59.6 Å². The van der Waals surface area contributed by atoms with Crippen molar-refractivity contribution in [3.05, 3.63) is 0 Å². The van der Waals surface area contributed by atoms with Gasteiger partial charge in [-0.3, -0.25) is 4.79 Å². The molecule has 5 nitrogen and oxygen atoms in total. The summed E-state index contributed by atoms with van der Waals surface area (Å²) in [7, 11) is 1.63. The Balaban J connectivity index is 2.22. The Morgan fingerprint density at radius 2 is 2.12 bits per heavy atom. The van der Waals surface area contributed by atoms with Crippen molar-refractivity contribution in [2.24, 2.45) is 0 Å². The van der Waals surface area contributed by atoms with Crippen LogP contribution in [0.2, 0.25) is 0 Å². The van der Waals surface area contributed by atoms with Gasteiger partial charge in [0, 0.05) is 31.9 Å². The first-order valence-electron chi connectivity index (χ1n) is 6.17. The number of carbonyl (C=O) groups is 1. The molecule has 0 aromatic rings. The van der Waals surface area contributed by atoms with Crippen molar-refractivity contribution < 1.29 is 14.3 Å². The summed E-state index contributed by atoms with van der Waals surface area (Å²) in [5.74, 6) is 0.0160. The molecule has 17 heavy (non-hydrogen) atoms. The van der Waals surface area contributed by atoms with E-state index >= 15 is 0 Å². The molecule has 0 aromatic carbocycles. The van der Waals surface area contributed by atoms with E-state index in [0.717, 1.165) is 26.1 Å². The maximum atomic E-state index is 11.7. The fourth-order valence-electron chi connectivity index (χ4n) is 1.91. The standard InChI is InChI=1S/C12H24N2O3/c1-10(9-16-3)14-11(15)8-13-12(2)4-6-17-7-5-12/h10,13H,4-9H2,1-3H3,(H,14,15). The van der Waals surface area contributed by atoms with Crippen molar-refractivity contribution in [2.75, 3.05) is 33.5 Å². The van der Waals surface area contributed by atoms with Gasteiger partial charge in [-0.15, -0.1) is 0 Å². The summed E-state index contributed by atoms with van der Waals surface area (Å²) in [6.45, 7) is 6.50. The van der Waals surface area contributed by atoms with Gasteiger partial charge in [0.05, 0.1) is 13.2 Å². The molecule has 1 aliphatic rings. The molecule has 1 atom stereocenters. The lowest BCUT2D eigenvalue weighted by molar-refractivity contribution is -0.121. The summed E-state index contributed by atoms with van der Waals surface area (Å²) in [4.78, 5) is 11.7. The maximum absolute atomic E-state index is 11.7. The summed E-state index contributed by atoms with van der Waals surface area (Å²) in [5, 5.41) is 6.19. The van der Waals surface area contributed by atoms with Crippen molar-refractivity contribution in [1.82, 2.24) is 10.6 Å². The molecule has 1 rings (SSSR count). The van der Waals surface area contributed by atoms with Crippen LogP contribution in [-0.2, 0) is 14.3 Å². The van der Waals surface area contributed by atoms with Gasteiger partial charge in [-0.2, -0.15) is 0 Å². The monoisotopic (exact) mass is 244 g/mol. The van der Waals surface area contributed by atoms with E-state index in [9.17, 15) is 4.79 Å². The molecular formula is C12H24N2O3. The predicted octanol–water partition coefficient (Wildman–Crippen LogP) is 0.296. The molecule has 0 spiro atoms. The molecule has 1 amide bonds. The van der Waals surface area contributed by atoms with Crippen molar-refractivity contribution in [1.29, 1.82) is 0 Å². The highest BCUT2D eigenvalue weighted by Crippen LogP contribution is 2.18. The van der Waals surface area contributed by atoms with Gasteiger partial charge in [-0.25, -0.2) is 0 Å². The molecular weight excluding hydrogens is 220 g/mol. The molecule has 100 valence electrons. The highest BCUT2D eigenvalue weighted by Gasteiger charge is 2.27. The molecule has 1 heterocycles. The number of ether oxygens (including phenoxy) is 2. The zero-order valence-corrected chi connectivity index (χ0v) is 11.0.